The Morgan fingerprint density at radius 1 is 1.03 bits per heavy atom. The number of ether oxygens (including phenoxy) is 2. The van der Waals surface area contributed by atoms with Crippen LogP contribution in [0.4, 0.5) is 5.69 Å². The monoisotopic (exact) mass is 409 g/mol. The van der Waals surface area contributed by atoms with Crippen LogP contribution in [0.25, 0.3) is 11.4 Å². The molecule has 156 valence electrons. The predicted molar refractivity (Wildman–Crippen MR) is 110 cm³/mol. The van der Waals surface area contributed by atoms with Crippen molar-refractivity contribution < 1.29 is 19.1 Å². The van der Waals surface area contributed by atoms with Gasteiger partial charge in [-0.15, -0.1) is 10.2 Å². The molecule has 0 spiro atoms. The van der Waals surface area contributed by atoms with Gasteiger partial charge in [0.2, 0.25) is 11.7 Å². The van der Waals surface area contributed by atoms with Gasteiger partial charge in [-0.25, -0.2) is 4.79 Å². The van der Waals surface area contributed by atoms with E-state index in [4.69, 9.17) is 9.47 Å². The van der Waals surface area contributed by atoms with Gasteiger partial charge in [0, 0.05) is 11.3 Å². The molecule has 0 aliphatic heterocycles. The number of esters is 1. The van der Waals surface area contributed by atoms with Gasteiger partial charge in [0.25, 0.3) is 0 Å². The summed E-state index contributed by atoms with van der Waals surface area (Å²) in [5.74, 6) is 0.482. The van der Waals surface area contributed by atoms with Crippen LogP contribution in [0.2, 0.25) is 0 Å². The van der Waals surface area contributed by atoms with Crippen molar-refractivity contribution in [3.05, 3.63) is 54.1 Å². The zero-order valence-corrected chi connectivity index (χ0v) is 16.9. The molecule has 0 aliphatic rings. The number of hydrogen-bond donors (Lipinski definition) is 1. The smallest absolute Gasteiger partial charge is 0.338 e. The number of nitrogens with zero attached hydrogens (tertiary/aromatic N) is 4. The fourth-order valence-corrected chi connectivity index (χ4v) is 2.58. The molecule has 9 heteroatoms. The number of rotatable bonds is 9. The van der Waals surface area contributed by atoms with Crippen LogP contribution in [-0.2, 0) is 16.1 Å². The summed E-state index contributed by atoms with van der Waals surface area (Å²) in [7, 11) is 0. The molecule has 3 rings (SSSR count). The van der Waals surface area contributed by atoms with E-state index in [2.05, 4.69) is 20.7 Å². The van der Waals surface area contributed by atoms with Crippen LogP contribution in [-0.4, -0.2) is 45.3 Å². The van der Waals surface area contributed by atoms with E-state index < -0.39 is 5.97 Å². The maximum Gasteiger partial charge on any atom is 0.338 e. The van der Waals surface area contributed by atoms with Gasteiger partial charge < -0.3 is 14.8 Å². The van der Waals surface area contributed by atoms with E-state index in [0.29, 0.717) is 30.3 Å². The van der Waals surface area contributed by atoms with Gasteiger partial charge in [-0.3, -0.25) is 4.79 Å². The SMILES string of the molecule is CCCOc1ccc(-c2nnn(CC(=O)Nc3ccc(C(=O)OCC)cc3)n2)cc1. The minimum atomic E-state index is -0.403. The van der Waals surface area contributed by atoms with Crippen molar-refractivity contribution in [3.8, 4) is 17.1 Å². The van der Waals surface area contributed by atoms with Crippen LogP contribution in [0, 0.1) is 0 Å². The van der Waals surface area contributed by atoms with Gasteiger partial charge in [-0.05, 0) is 67.1 Å². The number of amides is 1. The molecule has 0 saturated carbocycles. The Morgan fingerprint density at radius 3 is 2.43 bits per heavy atom. The third kappa shape index (κ3) is 5.63. The summed E-state index contributed by atoms with van der Waals surface area (Å²) in [4.78, 5) is 25.1. The van der Waals surface area contributed by atoms with Crippen LogP contribution < -0.4 is 10.1 Å². The van der Waals surface area contributed by atoms with Crippen molar-refractivity contribution in [3.63, 3.8) is 0 Å². The van der Waals surface area contributed by atoms with Crippen molar-refractivity contribution in [2.45, 2.75) is 26.8 Å². The van der Waals surface area contributed by atoms with Gasteiger partial charge in [0.1, 0.15) is 12.3 Å². The van der Waals surface area contributed by atoms with Crippen LogP contribution in [0.15, 0.2) is 48.5 Å². The fourth-order valence-electron chi connectivity index (χ4n) is 2.58. The molecule has 0 fully saturated rings. The van der Waals surface area contributed by atoms with Gasteiger partial charge in [0.15, 0.2) is 0 Å². The largest absolute Gasteiger partial charge is 0.494 e. The lowest BCUT2D eigenvalue weighted by Crippen LogP contribution is -2.20. The topological polar surface area (TPSA) is 108 Å². The Hall–Kier alpha value is -3.75. The average molecular weight is 409 g/mol. The molecule has 1 amide bonds. The highest BCUT2D eigenvalue weighted by molar-refractivity contribution is 5.92. The van der Waals surface area contributed by atoms with Gasteiger partial charge in [-0.2, -0.15) is 4.80 Å². The summed E-state index contributed by atoms with van der Waals surface area (Å²) < 4.78 is 10.5. The zero-order valence-electron chi connectivity index (χ0n) is 16.9. The first-order chi connectivity index (χ1) is 14.6. The molecule has 0 radical (unpaired) electrons. The van der Waals surface area contributed by atoms with Crippen LogP contribution in [0.5, 0.6) is 5.75 Å². The Kier molecular flexibility index (Phi) is 7.09. The van der Waals surface area contributed by atoms with Gasteiger partial charge >= 0.3 is 5.97 Å². The van der Waals surface area contributed by atoms with E-state index in [9.17, 15) is 9.59 Å². The van der Waals surface area contributed by atoms with Crippen molar-refractivity contribution in [2.24, 2.45) is 0 Å². The third-order valence-electron chi connectivity index (χ3n) is 4.00. The van der Waals surface area contributed by atoms with E-state index in [1.165, 1.54) is 4.80 Å². The standard InChI is InChI=1S/C21H23N5O4/c1-3-13-30-18-11-7-15(8-12-18)20-23-25-26(24-20)14-19(27)22-17-9-5-16(6-10-17)21(28)29-4-2/h5-12H,3-4,13-14H2,1-2H3,(H,22,27). The van der Waals surface area contributed by atoms with Crippen molar-refractivity contribution >= 4 is 17.6 Å². The molecule has 0 saturated heterocycles. The van der Waals surface area contributed by atoms with Crippen molar-refractivity contribution in [2.75, 3.05) is 18.5 Å². The number of nitrogens with one attached hydrogen (secondary N) is 1. The molecule has 1 N–H and O–H groups in total. The summed E-state index contributed by atoms with van der Waals surface area (Å²) in [6.07, 6.45) is 0.940. The fraction of sp³-hybridized carbons (Fsp3) is 0.286. The molecule has 3 aromatic rings. The molecule has 0 unspecified atom stereocenters. The molecule has 0 bridgehead atoms. The van der Waals surface area contributed by atoms with E-state index in [0.717, 1.165) is 17.7 Å². The van der Waals surface area contributed by atoms with Crippen LogP contribution >= 0.6 is 0 Å². The molecule has 0 aliphatic carbocycles. The highest BCUT2D eigenvalue weighted by Crippen LogP contribution is 2.19. The van der Waals surface area contributed by atoms with Crippen LogP contribution in [0.3, 0.4) is 0 Å². The molecule has 0 atom stereocenters. The number of carbonyl (C=O) groups excluding carboxylic acids is 2. The summed E-state index contributed by atoms with van der Waals surface area (Å²) in [6.45, 7) is 4.66. The maximum absolute atomic E-state index is 12.2. The van der Waals surface area contributed by atoms with Gasteiger partial charge in [-0.1, -0.05) is 6.92 Å². The number of carbonyl (C=O) groups is 2. The maximum atomic E-state index is 12.2. The molecular weight excluding hydrogens is 386 g/mol. The van der Waals surface area contributed by atoms with Crippen LogP contribution in [0.1, 0.15) is 30.6 Å². The quantitative estimate of drug-likeness (QED) is 0.541. The van der Waals surface area contributed by atoms with E-state index in [1.54, 1.807) is 31.2 Å². The normalized spacial score (nSPS) is 10.5. The first kappa shape index (κ1) is 21.0. The second-order valence-corrected chi connectivity index (χ2v) is 6.36. The Bertz CT molecular complexity index is 983. The number of tetrazole rings is 1. The number of hydrogen-bond acceptors (Lipinski definition) is 7. The lowest BCUT2D eigenvalue weighted by Gasteiger charge is -2.06. The van der Waals surface area contributed by atoms with Gasteiger partial charge in [0.05, 0.1) is 18.8 Å². The Labute approximate surface area is 174 Å². The highest BCUT2D eigenvalue weighted by Gasteiger charge is 2.11. The number of anilines is 1. The predicted octanol–water partition coefficient (Wildman–Crippen LogP) is 2.94. The van der Waals surface area contributed by atoms with E-state index in [1.807, 2.05) is 31.2 Å². The minimum Gasteiger partial charge on any atom is -0.494 e. The summed E-state index contributed by atoms with van der Waals surface area (Å²) >= 11 is 0. The molecule has 9 nitrogen and oxygen atoms in total. The zero-order chi connectivity index (χ0) is 21.3. The second-order valence-electron chi connectivity index (χ2n) is 6.36. The van der Waals surface area contributed by atoms with Crippen molar-refractivity contribution in [1.82, 2.24) is 20.2 Å². The first-order valence-electron chi connectivity index (χ1n) is 9.67. The summed E-state index contributed by atoms with van der Waals surface area (Å²) in [5.41, 5.74) is 1.75. The third-order valence-corrected chi connectivity index (χ3v) is 4.00. The average Bonchev–Trinajstić information content (AvgIpc) is 3.21. The highest BCUT2D eigenvalue weighted by atomic mass is 16.5. The van der Waals surface area contributed by atoms with E-state index >= 15 is 0 Å². The lowest BCUT2D eigenvalue weighted by atomic mass is 10.2. The molecule has 30 heavy (non-hydrogen) atoms. The molecular formula is C21H23N5O4. The van der Waals surface area contributed by atoms with E-state index in [-0.39, 0.29) is 12.5 Å². The van der Waals surface area contributed by atoms with Crippen molar-refractivity contribution in [1.29, 1.82) is 0 Å². The lowest BCUT2D eigenvalue weighted by molar-refractivity contribution is -0.117. The second kappa shape index (κ2) is 10.1. The molecule has 1 aromatic heterocycles. The number of aromatic nitrogens is 4. The summed E-state index contributed by atoms with van der Waals surface area (Å²) in [6, 6.07) is 13.8. The number of benzene rings is 2. The first-order valence-corrected chi connectivity index (χ1v) is 9.67. The molecule has 2 aromatic carbocycles. The Balaban J connectivity index is 1.56. The molecule has 1 heterocycles. The Morgan fingerprint density at radius 2 is 1.77 bits per heavy atom. The minimum absolute atomic E-state index is 0.0929. The summed E-state index contributed by atoms with van der Waals surface area (Å²) in [5, 5.41) is 14.9.